The number of hydrogen-bond donors (Lipinski definition) is 0. The maximum Gasteiger partial charge on any atom is 0.310 e. The normalized spacial score (nSPS) is 11.6. The van der Waals surface area contributed by atoms with E-state index < -0.39 is 5.79 Å². The molecule has 4 nitrogen and oxygen atoms in total. The van der Waals surface area contributed by atoms with Crippen LogP contribution in [-0.2, 0) is 19.0 Å². The Morgan fingerprint density at radius 1 is 0.850 bits per heavy atom. The first-order valence-corrected chi connectivity index (χ1v) is 7.81. The van der Waals surface area contributed by atoms with Crippen molar-refractivity contribution in [3.05, 3.63) is 0 Å². The van der Waals surface area contributed by atoms with E-state index in [1.54, 1.807) is 14.2 Å². The van der Waals surface area contributed by atoms with Crippen LogP contribution in [0, 0.1) is 0 Å². The van der Waals surface area contributed by atoms with Gasteiger partial charge in [0.25, 0.3) is 0 Å². The number of unbranched alkanes of at least 4 members (excludes halogenated alkanes) is 7. The Morgan fingerprint density at radius 3 is 1.80 bits per heavy atom. The summed E-state index contributed by atoms with van der Waals surface area (Å²) in [6.07, 6.45) is 10.9. The highest BCUT2D eigenvalue weighted by atomic mass is 16.7. The predicted octanol–water partition coefficient (Wildman–Crippen LogP) is 4.07. The van der Waals surface area contributed by atoms with E-state index in [0.717, 1.165) is 19.3 Å². The lowest BCUT2D eigenvalue weighted by molar-refractivity contribution is -0.220. The minimum absolute atomic E-state index is 0.146. The third-order valence-electron chi connectivity index (χ3n) is 3.80. The Kier molecular flexibility index (Phi) is 11.8. The summed E-state index contributed by atoms with van der Waals surface area (Å²) in [5.74, 6) is -1.12. The quantitative estimate of drug-likeness (QED) is 0.291. The van der Waals surface area contributed by atoms with Crippen molar-refractivity contribution >= 4 is 5.97 Å². The zero-order valence-electron chi connectivity index (χ0n) is 13.7. The van der Waals surface area contributed by atoms with E-state index in [2.05, 4.69) is 6.92 Å². The van der Waals surface area contributed by atoms with Gasteiger partial charge in [-0.2, -0.15) is 0 Å². The molecule has 0 bridgehead atoms. The molecule has 0 amide bonds. The van der Waals surface area contributed by atoms with Crippen LogP contribution in [0.4, 0.5) is 0 Å². The van der Waals surface area contributed by atoms with E-state index in [-0.39, 0.29) is 12.4 Å². The van der Waals surface area contributed by atoms with Crippen LogP contribution in [-0.4, -0.2) is 33.1 Å². The van der Waals surface area contributed by atoms with E-state index in [0.29, 0.717) is 0 Å². The second kappa shape index (κ2) is 12.2. The third-order valence-corrected chi connectivity index (χ3v) is 3.80. The molecule has 20 heavy (non-hydrogen) atoms. The molecule has 0 aliphatic heterocycles. The first-order valence-electron chi connectivity index (χ1n) is 7.81. The van der Waals surface area contributed by atoms with Crippen molar-refractivity contribution in [2.75, 3.05) is 21.3 Å². The van der Waals surface area contributed by atoms with Gasteiger partial charge in [-0.15, -0.1) is 0 Å². The molecule has 0 aliphatic carbocycles. The molecule has 0 heterocycles. The lowest BCUT2D eigenvalue weighted by Gasteiger charge is -2.29. The number of ether oxygens (including phenoxy) is 3. The topological polar surface area (TPSA) is 44.8 Å². The van der Waals surface area contributed by atoms with Crippen molar-refractivity contribution in [1.82, 2.24) is 0 Å². The van der Waals surface area contributed by atoms with Gasteiger partial charge in [-0.1, -0.05) is 51.9 Å². The minimum Gasteiger partial charge on any atom is -0.469 e. The first kappa shape index (κ1) is 19.4. The lowest BCUT2D eigenvalue weighted by Crippen LogP contribution is -2.36. The molecule has 0 radical (unpaired) electrons. The molecular weight excluding hydrogens is 256 g/mol. The van der Waals surface area contributed by atoms with Gasteiger partial charge < -0.3 is 14.2 Å². The summed E-state index contributed by atoms with van der Waals surface area (Å²) < 4.78 is 15.5. The molecule has 0 rings (SSSR count). The highest BCUT2D eigenvalue weighted by Crippen LogP contribution is 2.25. The average Bonchev–Trinajstić information content (AvgIpc) is 2.48. The Bertz CT molecular complexity index is 237. The smallest absolute Gasteiger partial charge is 0.310 e. The van der Waals surface area contributed by atoms with Crippen molar-refractivity contribution in [1.29, 1.82) is 0 Å². The van der Waals surface area contributed by atoms with Gasteiger partial charge in [0.15, 0.2) is 5.79 Å². The summed E-state index contributed by atoms with van der Waals surface area (Å²) in [4.78, 5) is 11.4. The lowest BCUT2D eigenvalue weighted by atomic mass is 10.0. The van der Waals surface area contributed by atoms with Crippen LogP contribution < -0.4 is 0 Å². The zero-order valence-corrected chi connectivity index (χ0v) is 13.7. The van der Waals surface area contributed by atoms with Crippen LogP contribution >= 0.6 is 0 Å². The number of carbonyl (C=O) groups excluding carboxylic acids is 1. The molecule has 4 heteroatoms. The van der Waals surface area contributed by atoms with Crippen molar-refractivity contribution in [2.45, 2.75) is 76.9 Å². The van der Waals surface area contributed by atoms with E-state index in [9.17, 15) is 4.79 Å². The summed E-state index contributed by atoms with van der Waals surface area (Å²) >= 11 is 0. The summed E-state index contributed by atoms with van der Waals surface area (Å²) in [6, 6.07) is 0. The van der Waals surface area contributed by atoms with E-state index in [4.69, 9.17) is 14.2 Å². The van der Waals surface area contributed by atoms with Crippen molar-refractivity contribution in [3.63, 3.8) is 0 Å². The minimum atomic E-state index is -0.824. The fourth-order valence-corrected chi connectivity index (χ4v) is 2.34. The molecule has 0 unspecified atom stereocenters. The number of methoxy groups -OCH3 is 3. The maximum absolute atomic E-state index is 11.4. The summed E-state index contributed by atoms with van der Waals surface area (Å²) in [5.41, 5.74) is 0. The SMILES string of the molecule is CCCCCCCCCCC(CC(=O)OC)(OC)OC. The molecule has 0 fully saturated rings. The highest BCUT2D eigenvalue weighted by molar-refractivity contribution is 5.70. The highest BCUT2D eigenvalue weighted by Gasteiger charge is 2.32. The summed E-state index contributed by atoms with van der Waals surface area (Å²) in [7, 11) is 4.54. The van der Waals surface area contributed by atoms with Crippen LogP contribution in [0.3, 0.4) is 0 Å². The van der Waals surface area contributed by atoms with E-state index in [1.807, 2.05) is 0 Å². The number of carbonyl (C=O) groups is 1. The van der Waals surface area contributed by atoms with Crippen molar-refractivity contribution < 1.29 is 19.0 Å². The van der Waals surface area contributed by atoms with Gasteiger partial charge in [0.2, 0.25) is 0 Å². The predicted molar refractivity (Wildman–Crippen MR) is 80.6 cm³/mol. The Labute approximate surface area is 124 Å². The number of esters is 1. The fourth-order valence-electron chi connectivity index (χ4n) is 2.34. The molecular formula is C16H32O4. The molecule has 0 aromatic rings. The molecule has 0 atom stereocenters. The standard InChI is InChI=1S/C16H32O4/c1-5-6-7-8-9-10-11-12-13-16(19-3,20-4)14-15(17)18-2/h5-14H2,1-4H3. The van der Waals surface area contributed by atoms with E-state index in [1.165, 1.54) is 45.6 Å². The average molecular weight is 288 g/mol. The van der Waals surface area contributed by atoms with Gasteiger partial charge in [-0.05, 0) is 6.42 Å². The van der Waals surface area contributed by atoms with E-state index >= 15 is 0 Å². The zero-order chi connectivity index (χ0) is 15.3. The number of rotatable bonds is 13. The monoisotopic (exact) mass is 288 g/mol. The molecule has 0 aromatic carbocycles. The van der Waals surface area contributed by atoms with Gasteiger partial charge in [0, 0.05) is 20.6 Å². The molecule has 0 aliphatic rings. The Balaban J connectivity index is 3.83. The van der Waals surface area contributed by atoms with Gasteiger partial charge >= 0.3 is 5.97 Å². The molecule has 120 valence electrons. The molecule has 0 N–H and O–H groups in total. The molecule has 0 saturated heterocycles. The third kappa shape index (κ3) is 8.54. The second-order valence-electron chi connectivity index (χ2n) is 5.30. The summed E-state index contributed by atoms with van der Waals surface area (Å²) in [6.45, 7) is 2.23. The van der Waals surface area contributed by atoms with Gasteiger partial charge in [0.1, 0.15) is 0 Å². The molecule has 0 saturated carbocycles. The Hall–Kier alpha value is -0.610. The van der Waals surface area contributed by atoms with Crippen LogP contribution in [0.25, 0.3) is 0 Å². The maximum atomic E-state index is 11.4. The van der Waals surface area contributed by atoms with Crippen LogP contribution in [0.2, 0.25) is 0 Å². The largest absolute Gasteiger partial charge is 0.469 e. The van der Waals surface area contributed by atoms with Crippen molar-refractivity contribution in [2.24, 2.45) is 0 Å². The Morgan fingerprint density at radius 2 is 1.35 bits per heavy atom. The fraction of sp³-hybridized carbons (Fsp3) is 0.938. The van der Waals surface area contributed by atoms with Crippen molar-refractivity contribution in [3.8, 4) is 0 Å². The second-order valence-corrected chi connectivity index (χ2v) is 5.30. The molecule has 0 aromatic heterocycles. The summed E-state index contributed by atoms with van der Waals surface area (Å²) in [5, 5.41) is 0. The van der Waals surface area contributed by atoms with Gasteiger partial charge in [-0.25, -0.2) is 0 Å². The van der Waals surface area contributed by atoms with Gasteiger partial charge in [0.05, 0.1) is 13.5 Å². The first-order chi connectivity index (χ1) is 9.64. The number of hydrogen-bond acceptors (Lipinski definition) is 4. The van der Waals surface area contributed by atoms with Crippen LogP contribution in [0.15, 0.2) is 0 Å². The van der Waals surface area contributed by atoms with Crippen LogP contribution in [0.1, 0.15) is 71.1 Å². The van der Waals surface area contributed by atoms with Crippen LogP contribution in [0.5, 0.6) is 0 Å². The van der Waals surface area contributed by atoms with Gasteiger partial charge in [-0.3, -0.25) is 4.79 Å². The molecule has 0 spiro atoms.